The minimum Gasteiger partial charge on any atom is -0.339 e. The summed E-state index contributed by atoms with van der Waals surface area (Å²) in [5.41, 5.74) is 0.113. The Labute approximate surface area is 145 Å². The molecule has 0 bridgehead atoms. The van der Waals surface area contributed by atoms with E-state index < -0.39 is 27.6 Å². The molecule has 1 aromatic rings. The first kappa shape index (κ1) is 17.7. The zero-order valence-electron chi connectivity index (χ0n) is 13.7. The van der Waals surface area contributed by atoms with Crippen LogP contribution in [0.25, 0.3) is 0 Å². The number of carbonyl (C=O) groups excluding carboxylic acids is 2. The van der Waals surface area contributed by atoms with Gasteiger partial charge in [0.15, 0.2) is 9.84 Å². The standard InChI is InChI=1S/C16H20FN3O4S/c17-13-3-1-2-4-14(13)18-16(22)20-8-6-19(7-9-20)15(21)12-5-10-25(23,24)11-12/h1-4,12H,5-11H2,(H,18,22)/t12-/m0/s1. The molecule has 0 aromatic heterocycles. The van der Waals surface area contributed by atoms with Gasteiger partial charge < -0.3 is 15.1 Å². The van der Waals surface area contributed by atoms with Crippen molar-refractivity contribution in [1.29, 1.82) is 0 Å². The van der Waals surface area contributed by atoms with Crippen LogP contribution in [0.5, 0.6) is 0 Å². The van der Waals surface area contributed by atoms with Crippen LogP contribution in [0.15, 0.2) is 24.3 Å². The number of amides is 3. The van der Waals surface area contributed by atoms with Gasteiger partial charge in [-0.2, -0.15) is 0 Å². The molecule has 0 spiro atoms. The van der Waals surface area contributed by atoms with Crippen LogP contribution in [0.1, 0.15) is 6.42 Å². The summed E-state index contributed by atoms with van der Waals surface area (Å²) in [7, 11) is -3.10. The molecule has 9 heteroatoms. The number of carbonyl (C=O) groups is 2. The number of nitrogens with one attached hydrogen (secondary N) is 1. The fraction of sp³-hybridized carbons (Fsp3) is 0.500. The summed E-state index contributed by atoms with van der Waals surface area (Å²) < 4.78 is 36.6. The number of piperazine rings is 1. The summed E-state index contributed by atoms with van der Waals surface area (Å²) in [6.07, 6.45) is 0.370. The van der Waals surface area contributed by atoms with Gasteiger partial charge in [-0.15, -0.1) is 0 Å². The molecule has 0 radical (unpaired) electrons. The molecule has 3 amide bonds. The average Bonchev–Trinajstić information content (AvgIpc) is 2.96. The van der Waals surface area contributed by atoms with Crippen LogP contribution in [-0.2, 0) is 14.6 Å². The molecule has 2 saturated heterocycles. The highest BCUT2D eigenvalue weighted by atomic mass is 32.2. The highest BCUT2D eigenvalue weighted by molar-refractivity contribution is 7.91. The summed E-state index contributed by atoms with van der Waals surface area (Å²) >= 11 is 0. The number of rotatable bonds is 2. The second-order valence-electron chi connectivity index (χ2n) is 6.32. The molecule has 1 atom stereocenters. The molecule has 2 aliphatic heterocycles. The third-order valence-corrected chi connectivity index (χ3v) is 6.34. The number of hydrogen-bond acceptors (Lipinski definition) is 4. The molecule has 25 heavy (non-hydrogen) atoms. The van der Waals surface area contributed by atoms with E-state index in [2.05, 4.69) is 5.32 Å². The highest BCUT2D eigenvalue weighted by Crippen LogP contribution is 2.21. The fourth-order valence-corrected chi connectivity index (χ4v) is 4.87. The maximum Gasteiger partial charge on any atom is 0.322 e. The fourth-order valence-electron chi connectivity index (χ4n) is 3.13. The Morgan fingerprint density at radius 2 is 1.72 bits per heavy atom. The lowest BCUT2D eigenvalue weighted by Crippen LogP contribution is -2.53. The smallest absolute Gasteiger partial charge is 0.322 e. The molecule has 1 aromatic carbocycles. The normalized spacial score (nSPS) is 22.7. The van der Waals surface area contributed by atoms with Gasteiger partial charge in [0, 0.05) is 26.2 Å². The summed E-state index contributed by atoms with van der Waals surface area (Å²) in [5.74, 6) is -1.15. The number of nitrogens with zero attached hydrogens (tertiary/aromatic N) is 2. The second-order valence-corrected chi connectivity index (χ2v) is 8.55. The first-order valence-electron chi connectivity index (χ1n) is 8.15. The van der Waals surface area contributed by atoms with Crippen molar-refractivity contribution in [3.8, 4) is 0 Å². The minimum absolute atomic E-state index is 0.0639. The monoisotopic (exact) mass is 369 g/mol. The Kier molecular flexibility index (Phi) is 4.94. The predicted octanol–water partition coefficient (Wildman–Crippen LogP) is 0.936. The van der Waals surface area contributed by atoms with Gasteiger partial charge in [-0.1, -0.05) is 12.1 Å². The van der Waals surface area contributed by atoms with Crippen molar-refractivity contribution in [2.45, 2.75) is 6.42 Å². The third-order valence-electron chi connectivity index (χ3n) is 4.58. The van der Waals surface area contributed by atoms with Crippen LogP contribution in [0, 0.1) is 11.7 Å². The van der Waals surface area contributed by atoms with E-state index in [4.69, 9.17) is 0 Å². The summed E-state index contributed by atoms with van der Waals surface area (Å²) in [6.45, 7) is 1.34. The molecule has 0 unspecified atom stereocenters. The maximum atomic E-state index is 13.6. The van der Waals surface area contributed by atoms with Gasteiger partial charge in [-0.05, 0) is 18.6 Å². The molecular weight excluding hydrogens is 349 g/mol. The van der Waals surface area contributed by atoms with Crippen LogP contribution in [0.4, 0.5) is 14.9 Å². The molecule has 136 valence electrons. The molecule has 0 saturated carbocycles. The van der Waals surface area contributed by atoms with Gasteiger partial charge >= 0.3 is 6.03 Å². The first-order valence-corrected chi connectivity index (χ1v) is 9.97. The lowest BCUT2D eigenvalue weighted by molar-refractivity contribution is -0.136. The van der Waals surface area contributed by atoms with Crippen molar-refractivity contribution >= 4 is 27.5 Å². The van der Waals surface area contributed by atoms with E-state index in [1.165, 1.54) is 17.0 Å². The zero-order valence-corrected chi connectivity index (χ0v) is 14.5. The number of anilines is 1. The lowest BCUT2D eigenvalue weighted by Gasteiger charge is -2.35. The van der Waals surface area contributed by atoms with E-state index in [9.17, 15) is 22.4 Å². The average molecular weight is 369 g/mol. The van der Waals surface area contributed by atoms with E-state index in [1.807, 2.05) is 0 Å². The predicted molar refractivity (Wildman–Crippen MR) is 90.3 cm³/mol. The Morgan fingerprint density at radius 3 is 2.32 bits per heavy atom. The van der Waals surface area contributed by atoms with Gasteiger partial charge in [0.2, 0.25) is 5.91 Å². The molecule has 0 aliphatic carbocycles. The van der Waals surface area contributed by atoms with Crippen molar-refractivity contribution in [3.05, 3.63) is 30.1 Å². The number of benzene rings is 1. The van der Waals surface area contributed by atoms with Crippen LogP contribution in [0.3, 0.4) is 0 Å². The molecule has 2 heterocycles. The second kappa shape index (κ2) is 6.99. The van der Waals surface area contributed by atoms with E-state index in [0.29, 0.717) is 32.6 Å². The number of hydrogen-bond donors (Lipinski definition) is 1. The molecule has 3 rings (SSSR count). The van der Waals surface area contributed by atoms with Gasteiger partial charge in [-0.25, -0.2) is 17.6 Å². The van der Waals surface area contributed by atoms with Crippen molar-refractivity contribution in [3.63, 3.8) is 0 Å². The van der Waals surface area contributed by atoms with E-state index in [1.54, 1.807) is 17.0 Å². The van der Waals surface area contributed by atoms with Crippen molar-refractivity contribution in [2.24, 2.45) is 5.92 Å². The van der Waals surface area contributed by atoms with Crippen LogP contribution in [-0.4, -0.2) is 67.8 Å². The number of halogens is 1. The molecule has 2 aliphatic rings. The van der Waals surface area contributed by atoms with Crippen molar-refractivity contribution < 1.29 is 22.4 Å². The SMILES string of the molecule is O=C(Nc1ccccc1F)N1CCN(C(=O)[C@H]2CCS(=O)(=O)C2)CC1. The van der Waals surface area contributed by atoms with Gasteiger partial charge in [0.25, 0.3) is 0 Å². The number of para-hydroxylation sites is 1. The molecule has 7 nitrogen and oxygen atoms in total. The third kappa shape index (κ3) is 4.09. The quantitative estimate of drug-likeness (QED) is 0.840. The van der Waals surface area contributed by atoms with Crippen LogP contribution in [0.2, 0.25) is 0 Å². The topological polar surface area (TPSA) is 86.8 Å². The van der Waals surface area contributed by atoms with Gasteiger partial charge in [-0.3, -0.25) is 4.79 Å². The Morgan fingerprint density at radius 1 is 1.08 bits per heavy atom. The van der Waals surface area contributed by atoms with E-state index in [0.717, 1.165) is 0 Å². The minimum atomic E-state index is -3.10. The summed E-state index contributed by atoms with van der Waals surface area (Å²) in [5, 5.41) is 2.52. The maximum absolute atomic E-state index is 13.6. The van der Waals surface area contributed by atoms with Gasteiger partial charge in [0.1, 0.15) is 5.82 Å². The zero-order chi connectivity index (χ0) is 18.0. The van der Waals surface area contributed by atoms with Gasteiger partial charge in [0.05, 0.1) is 23.1 Å². The first-order chi connectivity index (χ1) is 11.9. The molecule has 1 N–H and O–H groups in total. The number of sulfone groups is 1. The van der Waals surface area contributed by atoms with E-state index in [-0.39, 0.29) is 23.1 Å². The Bertz CT molecular complexity index is 775. The Balaban J connectivity index is 1.52. The molecular formula is C16H20FN3O4S. The van der Waals surface area contributed by atoms with E-state index >= 15 is 0 Å². The van der Waals surface area contributed by atoms with Crippen molar-refractivity contribution in [1.82, 2.24) is 9.80 Å². The van der Waals surface area contributed by atoms with Crippen molar-refractivity contribution in [2.75, 3.05) is 43.0 Å². The Hall–Kier alpha value is -2.16. The summed E-state index contributed by atoms with van der Waals surface area (Å²) in [6, 6.07) is 5.50. The van der Waals surface area contributed by atoms with Crippen LogP contribution < -0.4 is 5.32 Å². The van der Waals surface area contributed by atoms with Crippen LogP contribution >= 0.6 is 0 Å². The summed E-state index contributed by atoms with van der Waals surface area (Å²) in [4.78, 5) is 27.7. The number of urea groups is 1. The lowest BCUT2D eigenvalue weighted by atomic mass is 10.1. The highest BCUT2D eigenvalue weighted by Gasteiger charge is 2.36. The largest absolute Gasteiger partial charge is 0.339 e. The molecule has 2 fully saturated rings.